The zero-order valence-electron chi connectivity index (χ0n) is 14.5. The first-order valence-electron chi connectivity index (χ1n) is 8.86. The predicted octanol–water partition coefficient (Wildman–Crippen LogP) is 3.99. The van der Waals surface area contributed by atoms with Gasteiger partial charge in [-0.05, 0) is 63.5 Å². The van der Waals surface area contributed by atoms with Crippen molar-refractivity contribution in [3.8, 4) is 5.75 Å². The maximum absolute atomic E-state index is 12.7. The number of fused-ring (bicyclic) bond motifs is 2. The Morgan fingerprint density at radius 2 is 1.83 bits per heavy atom. The van der Waals surface area contributed by atoms with E-state index in [1.807, 2.05) is 38.1 Å². The van der Waals surface area contributed by atoms with Gasteiger partial charge in [0, 0.05) is 12.0 Å². The van der Waals surface area contributed by atoms with Crippen LogP contribution in [-0.2, 0) is 4.79 Å². The zero-order chi connectivity index (χ0) is 16.4. The first-order chi connectivity index (χ1) is 11.0. The molecule has 2 bridgehead atoms. The first-order valence-corrected chi connectivity index (χ1v) is 8.86. The van der Waals surface area contributed by atoms with Crippen LogP contribution in [0.2, 0.25) is 0 Å². The number of para-hydroxylation sites is 2. The van der Waals surface area contributed by atoms with E-state index in [0.717, 1.165) is 24.3 Å². The molecule has 0 radical (unpaired) electrons. The fourth-order valence-electron chi connectivity index (χ4n) is 4.16. The molecule has 1 aromatic rings. The van der Waals surface area contributed by atoms with E-state index in [-0.39, 0.29) is 30.3 Å². The average Bonchev–Trinajstić information content (AvgIpc) is 2.48. The van der Waals surface area contributed by atoms with Gasteiger partial charge in [-0.2, -0.15) is 0 Å². The number of carbonyl (C=O) groups excluding carboxylic acids is 1. The minimum atomic E-state index is 0. The van der Waals surface area contributed by atoms with Gasteiger partial charge in [-0.3, -0.25) is 4.79 Å². The second-order valence-corrected chi connectivity index (χ2v) is 7.35. The molecule has 5 heteroatoms. The molecular weight excluding hydrogens is 324 g/mol. The molecule has 0 heterocycles. The number of hydrogen-bond donors (Lipinski definition) is 2. The maximum Gasteiger partial charge on any atom is 0.227 e. The van der Waals surface area contributed by atoms with E-state index >= 15 is 0 Å². The Hall–Kier alpha value is -1.26. The summed E-state index contributed by atoms with van der Waals surface area (Å²) in [4.78, 5) is 12.7. The molecule has 3 N–H and O–H groups in total. The Bertz CT molecular complexity index is 550. The van der Waals surface area contributed by atoms with Crippen LogP contribution in [0.1, 0.15) is 46.0 Å². The van der Waals surface area contributed by atoms with Crippen LogP contribution in [-0.4, -0.2) is 18.1 Å². The highest BCUT2D eigenvalue weighted by atomic mass is 35.5. The van der Waals surface area contributed by atoms with Gasteiger partial charge in [0.2, 0.25) is 5.91 Å². The van der Waals surface area contributed by atoms with Crippen molar-refractivity contribution < 1.29 is 9.53 Å². The molecule has 1 amide bonds. The highest BCUT2D eigenvalue weighted by molar-refractivity contribution is 5.94. The van der Waals surface area contributed by atoms with Crippen molar-refractivity contribution in [3.63, 3.8) is 0 Å². The van der Waals surface area contributed by atoms with Gasteiger partial charge in [0.25, 0.3) is 0 Å². The number of nitrogens with one attached hydrogen (secondary N) is 1. The molecule has 0 aromatic heterocycles. The quantitative estimate of drug-likeness (QED) is 0.861. The summed E-state index contributed by atoms with van der Waals surface area (Å²) in [6.45, 7) is 3.98. The molecule has 2 aliphatic rings. The normalized spacial score (nSPS) is 28.8. The van der Waals surface area contributed by atoms with Crippen molar-refractivity contribution in [1.82, 2.24) is 0 Å². The van der Waals surface area contributed by atoms with Gasteiger partial charge in [0.05, 0.1) is 11.8 Å². The van der Waals surface area contributed by atoms with Gasteiger partial charge in [-0.1, -0.05) is 18.6 Å². The van der Waals surface area contributed by atoms with E-state index in [1.165, 1.54) is 19.3 Å². The molecule has 2 atom stereocenters. The third-order valence-corrected chi connectivity index (χ3v) is 5.29. The largest absolute Gasteiger partial charge is 0.489 e. The molecule has 2 unspecified atom stereocenters. The Balaban J connectivity index is 0.00000208. The smallest absolute Gasteiger partial charge is 0.227 e. The SMILES string of the molecule is CC(C)Oc1ccccc1NC(=O)C1CC2CCCC(C1)C2N.Cl. The van der Waals surface area contributed by atoms with Crippen molar-refractivity contribution in [3.05, 3.63) is 24.3 Å². The van der Waals surface area contributed by atoms with Gasteiger partial charge in [-0.15, -0.1) is 12.4 Å². The van der Waals surface area contributed by atoms with Crippen LogP contribution in [0.4, 0.5) is 5.69 Å². The van der Waals surface area contributed by atoms with Crippen molar-refractivity contribution >= 4 is 24.0 Å². The summed E-state index contributed by atoms with van der Waals surface area (Å²) in [6, 6.07) is 7.96. The topological polar surface area (TPSA) is 64.3 Å². The van der Waals surface area contributed by atoms with E-state index in [4.69, 9.17) is 10.5 Å². The molecule has 3 rings (SSSR count). The van der Waals surface area contributed by atoms with Crippen molar-refractivity contribution in [2.24, 2.45) is 23.5 Å². The highest BCUT2D eigenvalue weighted by Crippen LogP contribution is 2.42. The van der Waals surface area contributed by atoms with Crippen LogP contribution < -0.4 is 15.8 Å². The number of ether oxygens (including phenoxy) is 1. The minimum absolute atomic E-state index is 0. The molecule has 1 aromatic carbocycles. The fourth-order valence-corrected chi connectivity index (χ4v) is 4.16. The van der Waals surface area contributed by atoms with Crippen molar-refractivity contribution in [1.29, 1.82) is 0 Å². The predicted molar refractivity (Wildman–Crippen MR) is 99.6 cm³/mol. The number of anilines is 1. The van der Waals surface area contributed by atoms with Gasteiger partial charge in [-0.25, -0.2) is 0 Å². The third-order valence-electron chi connectivity index (χ3n) is 5.29. The van der Waals surface area contributed by atoms with Crippen LogP contribution in [0, 0.1) is 17.8 Å². The number of amides is 1. The molecule has 0 aliphatic heterocycles. The molecule has 0 spiro atoms. The summed E-state index contributed by atoms with van der Waals surface area (Å²) in [7, 11) is 0. The molecule has 2 aliphatic carbocycles. The maximum atomic E-state index is 12.7. The summed E-state index contributed by atoms with van der Waals surface area (Å²) in [5.41, 5.74) is 7.10. The molecule has 0 saturated heterocycles. The number of rotatable bonds is 4. The van der Waals surface area contributed by atoms with Gasteiger partial charge in [0.15, 0.2) is 0 Å². The monoisotopic (exact) mass is 352 g/mol. The molecule has 2 saturated carbocycles. The lowest BCUT2D eigenvalue weighted by Gasteiger charge is -2.43. The van der Waals surface area contributed by atoms with Crippen LogP contribution >= 0.6 is 12.4 Å². The van der Waals surface area contributed by atoms with Crippen molar-refractivity contribution in [2.75, 3.05) is 5.32 Å². The van der Waals surface area contributed by atoms with Gasteiger partial charge in [0.1, 0.15) is 5.75 Å². The summed E-state index contributed by atoms with van der Waals surface area (Å²) in [5.74, 6) is 1.97. The second-order valence-electron chi connectivity index (χ2n) is 7.35. The Morgan fingerprint density at radius 3 is 2.46 bits per heavy atom. The number of carbonyl (C=O) groups is 1. The van der Waals surface area contributed by atoms with E-state index in [1.54, 1.807) is 0 Å². The Morgan fingerprint density at radius 1 is 1.21 bits per heavy atom. The zero-order valence-corrected chi connectivity index (χ0v) is 15.4. The average molecular weight is 353 g/mol. The lowest BCUT2D eigenvalue weighted by Crippen LogP contribution is -2.48. The molecular formula is C19H29ClN2O2. The second kappa shape index (κ2) is 8.21. The van der Waals surface area contributed by atoms with E-state index in [0.29, 0.717) is 17.9 Å². The summed E-state index contributed by atoms with van der Waals surface area (Å²) >= 11 is 0. The van der Waals surface area contributed by atoms with E-state index < -0.39 is 0 Å². The van der Waals surface area contributed by atoms with Crippen LogP contribution in [0.3, 0.4) is 0 Å². The fraction of sp³-hybridized carbons (Fsp3) is 0.632. The highest BCUT2D eigenvalue weighted by Gasteiger charge is 2.40. The number of nitrogens with two attached hydrogens (primary N) is 1. The number of halogens is 1. The summed E-state index contributed by atoms with van der Waals surface area (Å²) in [6.07, 6.45) is 5.55. The first kappa shape index (κ1) is 19.1. The van der Waals surface area contributed by atoms with Crippen LogP contribution in [0.15, 0.2) is 24.3 Å². The molecule has 134 valence electrons. The Kier molecular flexibility index (Phi) is 6.53. The van der Waals surface area contributed by atoms with E-state index in [2.05, 4.69) is 5.32 Å². The molecule has 2 fully saturated rings. The lowest BCUT2D eigenvalue weighted by atomic mass is 9.65. The molecule has 24 heavy (non-hydrogen) atoms. The standard InChI is InChI=1S/C19H28N2O2.ClH/c1-12(2)23-17-9-4-3-8-16(17)21-19(22)15-10-13-6-5-7-14(11-15)18(13)20;/h3-4,8-9,12-15,18H,5-7,10-11,20H2,1-2H3,(H,21,22);1H. The minimum Gasteiger partial charge on any atom is -0.489 e. The molecule has 4 nitrogen and oxygen atoms in total. The third kappa shape index (κ3) is 4.22. The van der Waals surface area contributed by atoms with Crippen molar-refractivity contribution in [2.45, 2.75) is 58.1 Å². The number of benzene rings is 1. The summed E-state index contributed by atoms with van der Waals surface area (Å²) in [5, 5.41) is 3.08. The Labute approximate surface area is 150 Å². The summed E-state index contributed by atoms with van der Waals surface area (Å²) < 4.78 is 5.79. The van der Waals surface area contributed by atoms with Gasteiger partial charge < -0.3 is 15.8 Å². The van der Waals surface area contributed by atoms with Crippen LogP contribution in [0.5, 0.6) is 5.75 Å². The van der Waals surface area contributed by atoms with Crippen LogP contribution in [0.25, 0.3) is 0 Å². The van der Waals surface area contributed by atoms with E-state index in [9.17, 15) is 4.79 Å². The van der Waals surface area contributed by atoms with Gasteiger partial charge >= 0.3 is 0 Å². The lowest BCUT2D eigenvalue weighted by molar-refractivity contribution is -0.122. The number of hydrogen-bond acceptors (Lipinski definition) is 3.